The Bertz CT molecular complexity index is 1310. The molecule has 5 aromatic rings. The lowest BCUT2D eigenvalue weighted by Gasteiger charge is -2.03. The van der Waals surface area contributed by atoms with Gasteiger partial charge in [-0.05, 0) is 41.1 Å². The Morgan fingerprint density at radius 2 is 1.72 bits per heavy atom. The molecular weight excluding hydrogens is 324 g/mol. The molecule has 116 valence electrons. The van der Waals surface area contributed by atoms with Crippen LogP contribution in [0.3, 0.4) is 0 Å². The summed E-state index contributed by atoms with van der Waals surface area (Å²) in [5.74, 6) is 0. The summed E-state index contributed by atoms with van der Waals surface area (Å²) in [4.78, 5) is 4.44. The number of hydrogen-bond donors (Lipinski definition) is 0. The van der Waals surface area contributed by atoms with Crippen molar-refractivity contribution < 1.29 is 0 Å². The van der Waals surface area contributed by atoms with Gasteiger partial charge in [-0.1, -0.05) is 36.4 Å². The van der Waals surface area contributed by atoms with Crippen molar-refractivity contribution >= 4 is 42.3 Å². The van der Waals surface area contributed by atoms with Crippen LogP contribution in [0.1, 0.15) is 5.56 Å². The SMILES string of the molecule is N#Cc1ccnc(-c2ccc3sc4ccc5ccccc5c4c3c2)c1. The molecule has 3 heteroatoms. The van der Waals surface area contributed by atoms with Gasteiger partial charge < -0.3 is 0 Å². The summed E-state index contributed by atoms with van der Waals surface area (Å²) in [7, 11) is 0. The zero-order valence-electron chi connectivity index (χ0n) is 13.2. The van der Waals surface area contributed by atoms with Gasteiger partial charge in [0, 0.05) is 31.9 Å². The first-order valence-electron chi connectivity index (χ1n) is 8.04. The third kappa shape index (κ3) is 2.20. The number of thiophene rings is 1. The summed E-state index contributed by atoms with van der Waals surface area (Å²) in [6.07, 6.45) is 1.69. The molecule has 0 saturated heterocycles. The third-order valence-corrected chi connectivity index (χ3v) is 5.68. The highest BCUT2D eigenvalue weighted by Crippen LogP contribution is 2.39. The minimum atomic E-state index is 0.630. The van der Waals surface area contributed by atoms with Crippen LogP contribution < -0.4 is 0 Å². The molecule has 2 aromatic heterocycles. The van der Waals surface area contributed by atoms with Gasteiger partial charge in [0.2, 0.25) is 0 Å². The van der Waals surface area contributed by atoms with E-state index in [4.69, 9.17) is 5.26 Å². The van der Waals surface area contributed by atoms with E-state index in [1.54, 1.807) is 12.3 Å². The van der Waals surface area contributed by atoms with Crippen molar-refractivity contribution in [3.05, 3.63) is 78.5 Å². The van der Waals surface area contributed by atoms with E-state index in [1.165, 1.54) is 30.9 Å². The lowest BCUT2D eigenvalue weighted by molar-refractivity contribution is 1.31. The molecule has 25 heavy (non-hydrogen) atoms. The zero-order chi connectivity index (χ0) is 16.8. The molecule has 0 unspecified atom stereocenters. The summed E-state index contributed by atoms with van der Waals surface area (Å²) in [5.41, 5.74) is 2.50. The van der Waals surface area contributed by atoms with Gasteiger partial charge in [0.25, 0.3) is 0 Å². The minimum absolute atomic E-state index is 0.630. The second kappa shape index (κ2) is 5.41. The molecule has 3 aromatic carbocycles. The van der Waals surface area contributed by atoms with Gasteiger partial charge in [-0.3, -0.25) is 4.98 Å². The van der Waals surface area contributed by atoms with E-state index in [0.29, 0.717) is 5.56 Å². The van der Waals surface area contributed by atoms with Crippen LogP contribution in [0.25, 0.3) is 42.2 Å². The van der Waals surface area contributed by atoms with Gasteiger partial charge in [0.05, 0.1) is 17.3 Å². The molecule has 0 fully saturated rings. The van der Waals surface area contributed by atoms with E-state index in [2.05, 4.69) is 65.7 Å². The fraction of sp³-hybridized carbons (Fsp3) is 0. The van der Waals surface area contributed by atoms with Crippen LogP contribution in [-0.4, -0.2) is 4.98 Å². The van der Waals surface area contributed by atoms with Crippen molar-refractivity contribution in [1.82, 2.24) is 4.98 Å². The zero-order valence-corrected chi connectivity index (χ0v) is 14.0. The van der Waals surface area contributed by atoms with Crippen LogP contribution in [0, 0.1) is 11.3 Å². The quantitative estimate of drug-likeness (QED) is 0.368. The van der Waals surface area contributed by atoms with E-state index in [9.17, 15) is 0 Å². The van der Waals surface area contributed by atoms with Gasteiger partial charge in [-0.15, -0.1) is 11.3 Å². The molecule has 0 spiro atoms. The van der Waals surface area contributed by atoms with Crippen molar-refractivity contribution in [2.75, 3.05) is 0 Å². The second-order valence-corrected chi connectivity index (χ2v) is 7.10. The Morgan fingerprint density at radius 3 is 2.64 bits per heavy atom. The number of pyridine rings is 1. The van der Waals surface area contributed by atoms with Crippen molar-refractivity contribution in [3.63, 3.8) is 0 Å². The minimum Gasteiger partial charge on any atom is -0.256 e. The Balaban J connectivity index is 1.85. The number of nitriles is 1. The average molecular weight is 336 g/mol. The molecule has 0 N–H and O–H groups in total. The van der Waals surface area contributed by atoms with Crippen LogP contribution >= 0.6 is 11.3 Å². The molecule has 5 rings (SSSR count). The molecular formula is C22H12N2S. The largest absolute Gasteiger partial charge is 0.256 e. The Hall–Kier alpha value is -3.22. The summed E-state index contributed by atoms with van der Waals surface area (Å²) in [6, 6.07) is 25.1. The number of fused-ring (bicyclic) bond motifs is 5. The topological polar surface area (TPSA) is 36.7 Å². The fourth-order valence-electron chi connectivity index (χ4n) is 3.36. The monoisotopic (exact) mass is 336 g/mol. The molecule has 2 nitrogen and oxygen atoms in total. The molecule has 0 atom stereocenters. The lowest BCUT2D eigenvalue weighted by Crippen LogP contribution is -1.84. The highest BCUT2D eigenvalue weighted by atomic mass is 32.1. The van der Waals surface area contributed by atoms with E-state index in [1.807, 2.05) is 17.4 Å². The Morgan fingerprint density at radius 1 is 0.840 bits per heavy atom. The van der Waals surface area contributed by atoms with E-state index in [0.717, 1.165) is 11.3 Å². The first-order chi connectivity index (χ1) is 12.3. The molecule has 0 aliphatic heterocycles. The van der Waals surface area contributed by atoms with Gasteiger partial charge in [-0.25, -0.2) is 0 Å². The fourth-order valence-corrected chi connectivity index (χ4v) is 4.47. The molecule has 0 saturated carbocycles. The molecule has 0 aliphatic rings. The van der Waals surface area contributed by atoms with Crippen LogP contribution in [0.15, 0.2) is 72.9 Å². The van der Waals surface area contributed by atoms with Crippen LogP contribution in [0.5, 0.6) is 0 Å². The maximum absolute atomic E-state index is 9.13. The maximum Gasteiger partial charge on any atom is 0.0992 e. The van der Waals surface area contributed by atoms with E-state index < -0.39 is 0 Å². The van der Waals surface area contributed by atoms with E-state index in [-0.39, 0.29) is 0 Å². The number of rotatable bonds is 1. The number of benzene rings is 3. The summed E-state index contributed by atoms with van der Waals surface area (Å²) >= 11 is 1.82. The first kappa shape index (κ1) is 14.2. The third-order valence-electron chi connectivity index (χ3n) is 4.54. The highest BCUT2D eigenvalue weighted by Gasteiger charge is 2.10. The number of aromatic nitrogens is 1. The van der Waals surface area contributed by atoms with Crippen molar-refractivity contribution in [2.24, 2.45) is 0 Å². The van der Waals surface area contributed by atoms with Crippen LogP contribution in [-0.2, 0) is 0 Å². The molecule has 2 heterocycles. The van der Waals surface area contributed by atoms with Gasteiger partial charge >= 0.3 is 0 Å². The molecule has 0 radical (unpaired) electrons. The van der Waals surface area contributed by atoms with Gasteiger partial charge in [0.15, 0.2) is 0 Å². The standard InChI is InChI=1S/C22H12N2S/c23-13-14-9-10-24-19(11-14)16-6-7-20-18(12-16)22-17-4-2-1-3-15(17)5-8-21(22)25-20/h1-12H. The van der Waals surface area contributed by atoms with Crippen molar-refractivity contribution in [2.45, 2.75) is 0 Å². The predicted octanol–water partition coefficient (Wildman–Crippen LogP) is 6.14. The molecule has 0 bridgehead atoms. The Kier molecular flexibility index (Phi) is 3.06. The number of nitrogens with zero attached hydrogens (tertiary/aromatic N) is 2. The van der Waals surface area contributed by atoms with Crippen molar-refractivity contribution in [3.8, 4) is 17.3 Å². The van der Waals surface area contributed by atoms with Crippen LogP contribution in [0.2, 0.25) is 0 Å². The normalized spacial score (nSPS) is 11.2. The second-order valence-electron chi connectivity index (χ2n) is 6.01. The first-order valence-corrected chi connectivity index (χ1v) is 8.86. The molecule has 0 amide bonds. The van der Waals surface area contributed by atoms with Gasteiger partial charge in [-0.2, -0.15) is 5.26 Å². The lowest BCUT2D eigenvalue weighted by atomic mass is 10.0. The van der Waals surface area contributed by atoms with E-state index >= 15 is 0 Å². The van der Waals surface area contributed by atoms with Crippen LogP contribution in [0.4, 0.5) is 0 Å². The summed E-state index contributed by atoms with van der Waals surface area (Å²) in [6.45, 7) is 0. The Labute approximate surface area is 148 Å². The summed E-state index contributed by atoms with van der Waals surface area (Å²) in [5, 5.41) is 14.2. The average Bonchev–Trinajstić information content (AvgIpc) is 3.06. The maximum atomic E-state index is 9.13. The molecule has 0 aliphatic carbocycles. The summed E-state index contributed by atoms with van der Waals surface area (Å²) < 4.78 is 2.57. The van der Waals surface area contributed by atoms with Crippen molar-refractivity contribution in [1.29, 1.82) is 5.26 Å². The predicted molar refractivity (Wildman–Crippen MR) is 105 cm³/mol. The van der Waals surface area contributed by atoms with Gasteiger partial charge in [0.1, 0.15) is 0 Å². The highest BCUT2D eigenvalue weighted by molar-refractivity contribution is 7.26. The smallest absolute Gasteiger partial charge is 0.0992 e. The number of hydrogen-bond acceptors (Lipinski definition) is 3.